The number of aromatic amines is 1. The lowest BCUT2D eigenvalue weighted by atomic mass is 10.1. The molecule has 0 saturated heterocycles. The van der Waals surface area contributed by atoms with E-state index in [2.05, 4.69) is 10.3 Å². The van der Waals surface area contributed by atoms with Gasteiger partial charge in [0.25, 0.3) is 0 Å². The second-order valence-electron chi connectivity index (χ2n) is 3.55. The smallest absolute Gasteiger partial charge is 0.221 e. The lowest BCUT2D eigenvalue weighted by molar-refractivity contribution is -0.114. The zero-order chi connectivity index (χ0) is 12.4. The first-order valence-electron chi connectivity index (χ1n) is 4.95. The molecule has 0 aliphatic carbocycles. The molecule has 0 radical (unpaired) electrons. The lowest BCUT2D eigenvalue weighted by Crippen LogP contribution is -2.13. The molecule has 1 amide bonds. The number of anilines is 1. The summed E-state index contributed by atoms with van der Waals surface area (Å²) in [5.41, 5.74) is 0.634. The number of amides is 1. The fourth-order valence-electron chi connectivity index (χ4n) is 1.64. The van der Waals surface area contributed by atoms with Crippen molar-refractivity contribution in [3.63, 3.8) is 0 Å². The Morgan fingerprint density at radius 3 is 2.88 bits per heavy atom. The highest BCUT2D eigenvalue weighted by Crippen LogP contribution is 2.18. The van der Waals surface area contributed by atoms with Crippen LogP contribution < -0.4 is 10.7 Å². The van der Waals surface area contributed by atoms with Gasteiger partial charge in [-0.3, -0.25) is 9.59 Å². The molecule has 0 spiro atoms. The Kier molecular flexibility index (Phi) is 2.63. The van der Waals surface area contributed by atoms with Crippen molar-refractivity contribution < 1.29 is 4.79 Å². The number of nitrogens with one attached hydrogen (secondary N) is 2. The van der Waals surface area contributed by atoms with Gasteiger partial charge in [-0.1, -0.05) is 6.07 Å². The number of hydrogen-bond acceptors (Lipinski definition) is 3. The summed E-state index contributed by atoms with van der Waals surface area (Å²) in [7, 11) is 0. The van der Waals surface area contributed by atoms with Gasteiger partial charge in [0.1, 0.15) is 11.6 Å². The van der Waals surface area contributed by atoms with E-state index in [1.165, 1.54) is 13.1 Å². The number of nitrogens with zero attached hydrogens (tertiary/aromatic N) is 1. The monoisotopic (exact) mass is 227 g/mol. The second-order valence-corrected chi connectivity index (χ2v) is 3.55. The highest BCUT2D eigenvalue weighted by atomic mass is 16.1. The highest BCUT2D eigenvalue weighted by molar-refractivity contribution is 6.00. The molecular weight excluding hydrogens is 218 g/mol. The average Bonchev–Trinajstić information content (AvgIpc) is 2.29. The predicted octanol–water partition coefficient (Wildman–Crippen LogP) is 1.36. The van der Waals surface area contributed by atoms with Gasteiger partial charge in [-0.25, -0.2) is 0 Å². The first kappa shape index (κ1) is 10.9. The van der Waals surface area contributed by atoms with Crippen LogP contribution in [0.3, 0.4) is 0 Å². The summed E-state index contributed by atoms with van der Waals surface area (Å²) in [4.78, 5) is 25.9. The molecule has 0 fully saturated rings. The van der Waals surface area contributed by atoms with Crippen LogP contribution in [-0.2, 0) is 4.79 Å². The number of H-pyrrole nitrogens is 1. The van der Waals surface area contributed by atoms with E-state index >= 15 is 0 Å². The van der Waals surface area contributed by atoms with Crippen LogP contribution in [0.15, 0.2) is 29.2 Å². The number of fused-ring (bicyclic) bond motifs is 1. The Balaban J connectivity index is 2.82. The summed E-state index contributed by atoms with van der Waals surface area (Å²) in [6, 6.07) is 6.87. The molecular formula is C12H9N3O2. The molecule has 0 aliphatic heterocycles. The summed E-state index contributed by atoms with van der Waals surface area (Å²) in [6.45, 7) is 1.36. The van der Waals surface area contributed by atoms with Crippen LogP contribution in [0.5, 0.6) is 0 Å². The fraction of sp³-hybridized carbons (Fsp3) is 0.0833. The molecule has 0 atom stereocenters. The topological polar surface area (TPSA) is 85.8 Å². The van der Waals surface area contributed by atoms with Gasteiger partial charge in [0, 0.05) is 13.1 Å². The molecule has 0 bridgehead atoms. The zero-order valence-electron chi connectivity index (χ0n) is 9.07. The molecule has 2 aromatic rings. The van der Waals surface area contributed by atoms with E-state index < -0.39 is 0 Å². The second kappa shape index (κ2) is 4.10. The van der Waals surface area contributed by atoms with Gasteiger partial charge in [0.05, 0.1) is 16.6 Å². The van der Waals surface area contributed by atoms with Crippen molar-refractivity contribution in [3.8, 4) is 6.07 Å². The van der Waals surface area contributed by atoms with Gasteiger partial charge in [-0.2, -0.15) is 5.26 Å². The number of carbonyl (C=O) groups excluding carboxylic acids is 1. The van der Waals surface area contributed by atoms with E-state index in [0.717, 1.165) is 0 Å². The van der Waals surface area contributed by atoms with Crippen LogP contribution in [0.2, 0.25) is 0 Å². The summed E-state index contributed by atoms with van der Waals surface area (Å²) in [5.74, 6) is -0.265. The van der Waals surface area contributed by atoms with Crippen molar-refractivity contribution in [1.82, 2.24) is 4.98 Å². The minimum absolute atomic E-state index is 0.0234. The average molecular weight is 227 g/mol. The van der Waals surface area contributed by atoms with Crippen LogP contribution >= 0.6 is 0 Å². The largest absolute Gasteiger partial charge is 0.360 e. The van der Waals surface area contributed by atoms with Crippen LogP contribution in [0, 0.1) is 11.3 Å². The number of aromatic nitrogens is 1. The number of carbonyl (C=O) groups is 1. The Morgan fingerprint density at radius 1 is 1.47 bits per heavy atom. The Labute approximate surface area is 96.7 Å². The van der Waals surface area contributed by atoms with Crippen molar-refractivity contribution in [3.05, 3.63) is 40.2 Å². The molecule has 0 saturated carbocycles. The minimum atomic E-state index is -0.384. The van der Waals surface area contributed by atoms with Gasteiger partial charge in [-0.15, -0.1) is 0 Å². The quantitative estimate of drug-likeness (QED) is 0.771. The Bertz CT molecular complexity index is 695. The van der Waals surface area contributed by atoms with E-state index in [4.69, 9.17) is 5.26 Å². The molecule has 1 heterocycles. The Hall–Kier alpha value is -2.61. The van der Waals surface area contributed by atoms with Gasteiger partial charge >= 0.3 is 0 Å². The van der Waals surface area contributed by atoms with Crippen LogP contribution in [-0.4, -0.2) is 10.9 Å². The van der Waals surface area contributed by atoms with Gasteiger partial charge in [0.2, 0.25) is 11.3 Å². The highest BCUT2D eigenvalue weighted by Gasteiger charge is 2.09. The molecule has 17 heavy (non-hydrogen) atoms. The zero-order valence-corrected chi connectivity index (χ0v) is 9.07. The number of hydrogen-bond donors (Lipinski definition) is 2. The number of benzene rings is 1. The van der Waals surface area contributed by atoms with Crippen LogP contribution in [0.25, 0.3) is 10.9 Å². The van der Waals surface area contributed by atoms with Crippen LogP contribution in [0.4, 0.5) is 5.69 Å². The molecule has 84 valence electrons. The molecule has 1 aromatic carbocycles. The number of rotatable bonds is 1. The minimum Gasteiger partial charge on any atom is -0.360 e. The summed E-state index contributed by atoms with van der Waals surface area (Å²) in [6.07, 6.45) is 1.36. The number of nitriles is 1. The maximum Gasteiger partial charge on any atom is 0.221 e. The molecule has 5 heteroatoms. The summed E-state index contributed by atoms with van der Waals surface area (Å²) >= 11 is 0. The van der Waals surface area contributed by atoms with E-state index in [-0.39, 0.29) is 16.9 Å². The molecule has 2 N–H and O–H groups in total. The maximum atomic E-state index is 12.0. The summed E-state index contributed by atoms with van der Waals surface area (Å²) < 4.78 is 0. The van der Waals surface area contributed by atoms with Gasteiger partial charge < -0.3 is 10.3 Å². The molecule has 0 unspecified atom stereocenters. The van der Waals surface area contributed by atoms with Crippen molar-refractivity contribution >= 4 is 22.5 Å². The normalized spacial score (nSPS) is 9.88. The van der Waals surface area contributed by atoms with E-state index in [1.807, 2.05) is 6.07 Å². The van der Waals surface area contributed by atoms with Gasteiger partial charge in [0.15, 0.2) is 0 Å². The van der Waals surface area contributed by atoms with Crippen molar-refractivity contribution in [2.45, 2.75) is 6.92 Å². The fourth-order valence-corrected chi connectivity index (χ4v) is 1.64. The SMILES string of the molecule is CC(=O)Nc1cccc2[nH]cc(C#N)c(=O)c12. The Morgan fingerprint density at radius 2 is 2.24 bits per heavy atom. The third kappa shape index (κ3) is 1.88. The van der Waals surface area contributed by atoms with E-state index in [1.54, 1.807) is 18.2 Å². The lowest BCUT2D eigenvalue weighted by Gasteiger charge is -2.06. The third-order valence-corrected chi connectivity index (χ3v) is 2.34. The van der Waals surface area contributed by atoms with Crippen LogP contribution in [0.1, 0.15) is 12.5 Å². The first-order valence-corrected chi connectivity index (χ1v) is 4.95. The molecule has 5 nitrogen and oxygen atoms in total. The van der Waals surface area contributed by atoms with E-state index in [9.17, 15) is 9.59 Å². The first-order chi connectivity index (χ1) is 8.13. The number of pyridine rings is 1. The third-order valence-electron chi connectivity index (χ3n) is 2.34. The van der Waals surface area contributed by atoms with Crippen molar-refractivity contribution in [1.29, 1.82) is 5.26 Å². The standard InChI is InChI=1S/C12H9N3O2/c1-7(16)15-10-4-2-3-9-11(10)12(17)8(5-13)6-14-9/h2-4,6H,1H3,(H,14,17)(H,15,16). The maximum absolute atomic E-state index is 12.0. The van der Waals surface area contributed by atoms with Gasteiger partial charge in [-0.05, 0) is 12.1 Å². The molecule has 1 aromatic heterocycles. The van der Waals surface area contributed by atoms with Crippen molar-refractivity contribution in [2.75, 3.05) is 5.32 Å². The van der Waals surface area contributed by atoms with E-state index in [0.29, 0.717) is 16.6 Å². The van der Waals surface area contributed by atoms with Crippen molar-refractivity contribution in [2.24, 2.45) is 0 Å². The summed E-state index contributed by atoms with van der Waals surface area (Å²) in [5, 5.41) is 11.7. The molecule has 2 rings (SSSR count). The predicted molar refractivity (Wildman–Crippen MR) is 63.6 cm³/mol. The molecule has 0 aliphatic rings.